The predicted molar refractivity (Wildman–Crippen MR) is 73.5 cm³/mol. The number of halogens is 2. The number of aryl methyl sites for hydroxylation is 2. The minimum atomic E-state index is -0.795. The minimum absolute atomic E-state index is 0.301. The third-order valence-corrected chi connectivity index (χ3v) is 3.75. The number of aromatic nitrogens is 1. The molecule has 19 heavy (non-hydrogen) atoms. The molecule has 1 heterocycles. The molecule has 0 aliphatic carbocycles. The lowest BCUT2D eigenvalue weighted by molar-refractivity contribution is 0.477. The number of hydrogen-bond acceptors (Lipinski definition) is 3. The lowest BCUT2D eigenvalue weighted by atomic mass is 10.0. The average molecular weight is 282 g/mol. The lowest BCUT2D eigenvalue weighted by Gasteiger charge is -2.17. The summed E-state index contributed by atoms with van der Waals surface area (Å²) >= 11 is 1.50. The van der Waals surface area contributed by atoms with Crippen LogP contribution in [0.4, 0.5) is 8.78 Å². The Morgan fingerprint density at radius 3 is 2.58 bits per heavy atom. The summed E-state index contributed by atoms with van der Waals surface area (Å²) in [6.07, 6.45) is 0. The fraction of sp³-hybridized carbons (Fsp3) is 0.357. The van der Waals surface area contributed by atoms with Crippen LogP contribution in [0.3, 0.4) is 0 Å². The van der Waals surface area contributed by atoms with Crippen molar-refractivity contribution in [3.05, 3.63) is 51.0 Å². The van der Waals surface area contributed by atoms with E-state index in [4.69, 9.17) is 0 Å². The van der Waals surface area contributed by atoms with Gasteiger partial charge in [0.2, 0.25) is 0 Å². The van der Waals surface area contributed by atoms with Crippen molar-refractivity contribution in [2.24, 2.45) is 0 Å². The molecule has 1 aromatic carbocycles. The molecule has 0 aliphatic rings. The van der Waals surface area contributed by atoms with Gasteiger partial charge in [-0.05, 0) is 26.0 Å². The van der Waals surface area contributed by atoms with Crippen molar-refractivity contribution < 1.29 is 8.78 Å². The number of nitrogens with one attached hydrogen (secondary N) is 1. The Labute approximate surface area is 115 Å². The summed E-state index contributed by atoms with van der Waals surface area (Å²) in [5.41, 5.74) is 1.34. The molecule has 0 amide bonds. The molecule has 2 aromatic rings. The molecule has 0 bridgehead atoms. The third kappa shape index (κ3) is 2.82. The largest absolute Gasteiger partial charge is 0.305 e. The molecule has 1 unspecified atom stereocenters. The van der Waals surface area contributed by atoms with Gasteiger partial charge in [-0.2, -0.15) is 0 Å². The van der Waals surface area contributed by atoms with Gasteiger partial charge in [0.1, 0.15) is 0 Å². The van der Waals surface area contributed by atoms with E-state index in [1.807, 2.05) is 19.2 Å². The molecule has 0 aliphatic heterocycles. The van der Waals surface area contributed by atoms with E-state index in [0.717, 1.165) is 10.7 Å². The van der Waals surface area contributed by atoms with Gasteiger partial charge in [-0.1, -0.05) is 19.1 Å². The lowest BCUT2D eigenvalue weighted by Crippen LogP contribution is -2.23. The Hall–Kier alpha value is -1.33. The first-order valence-electron chi connectivity index (χ1n) is 6.14. The van der Waals surface area contributed by atoms with Gasteiger partial charge in [-0.3, -0.25) is 0 Å². The summed E-state index contributed by atoms with van der Waals surface area (Å²) in [6, 6.07) is 2.80. The predicted octanol–water partition coefficient (Wildman–Crippen LogP) is 3.74. The Balaban J connectivity index is 2.48. The van der Waals surface area contributed by atoms with Crippen LogP contribution in [0, 0.1) is 25.5 Å². The van der Waals surface area contributed by atoms with Gasteiger partial charge >= 0.3 is 0 Å². The fourth-order valence-electron chi connectivity index (χ4n) is 1.97. The van der Waals surface area contributed by atoms with Gasteiger partial charge in [-0.15, -0.1) is 11.3 Å². The van der Waals surface area contributed by atoms with E-state index >= 15 is 0 Å². The van der Waals surface area contributed by atoms with Crippen LogP contribution in [0.15, 0.2) is 17.5 Å². The van der Waals surface area contributed by atoms with Crippen molar-refractivity contribution >= 4 is 11.3 Å². The quantitative estimate of drug-likeness (QED) is 0.924. The van der Waals surface area contributed by atoms with Gasteiger partial charge in [-0.25, -0.2) is 13.8 Å². The number of nitrogens with zero attached hydrogens (tertiary/aromatic N) is 1. The summed E-state index contributed by atoms with van der Waals surface area (Å²) in [5.74, 6) is -1.58. The second-order valence-electron chi connectivity index (χ2n) is 4.38. The van der Waals surface area contributed by atoms with Crippen molar-refractivity contribution in [2.45, 2.75) is 26.8 Å². The highest BCUT2D eigenvalue weighted by Gasteiger charge is 2.22. The highest BCUT2D eigenvalue weighted by atomic mass is 32.1. The first-order valence-corrected chi connectivity index (χ1v) is 7.02. The second kappa shape index (κ2) is 5.75. The van der Waals surface area contributed by atoms with Crippen molar-refractivity contribution in [1.29, 1.82) is 0 Å². The molecule has 2 nitrogen and oxygen atoms in total. The van der Waals surface area contributed by atoms with Crippen molar-refractivity contribution in [1.82, 2.24) is 10.3 Å². The maximum Gasteiger partial charge on any atom is 0.164 e. The normalized spacial score (nSPS) is 12.7. The fourth-order valence-corrected chi connectivity index (χ4v) is 2.61. The molecule has 1 atom stereocenters. The zero-order valence-electron chi connectivity index (χ0n) is 11.1. The molecule has 2 rings (SSSR count). The SMILES string of the molecule is CCNC(c1csc(C)n1)c1ccc(C)c(F)c1F. The van der Waals surface area contributed by atoms with Crippen molar-refractivity contribution in [3.63, 3.8) is 0 Å². The summed E-state index contributed by atoms with van der Waals surface area (Å²) in [4.78, 5) is 4.37. The Morgan fingerprint density at radius 2 is 2.00 bits per heavy atom. The molecule has 0 fully saturated rings. The molecule has 0 saturated heterocycles. The topological polar surface area (TPSA) is 24.9 Å². The van der Waals surface area contributed by atoms with Crippen LogP contribution in [0.25, 0.3) is 0 Å². The number of hydrogen-bond donors (Lipinski definition) is 1. The standard InChI is InChI=1S/C14H16F2N2S/c1-4-17-14(11-7-19-9(3)18-11)10-6-5-8(2)12(15)13(10)16/h5-7,14,17H,4H2,1-3H3. The van der Waals surface area contributed by atoms with E-state index in [9.17, 15) is 8.78 Å². The van der Waals surface area contributed by atoms with E-state index in [2.05, 4.69) is 10.3 Å². The van der Waals surface area contributed by atoms with E-state index in [0.29, 0.717) is 17.7 Å². The van der Waals surface area contributed by atoms with Crippen LogP contribution in [0.1, 0.15) is 34.8 Å². The Morgan fingerprint density at radius 1 is 1.26 bits per heavy atom. The molecule has 0 radical (unpaired) electrons. The van der Waals surface area contributed by atoms with Gasteiger partial charge < -0.3 is 5.32 Å². The molecule has 5 heteroatoms. The third-order valence-electron chi connectivity index (χ3n) is 2.96. The van der Waals surface area contributed by atoms with Crippen LogP contribution < -0.4 is 5.32 Å². The second-order valence-corrected chi connectivity index (χ2v) is 5.44. The molecule has 0 spiro atoms. The van der Waals surface area contributed by atoms with Crippen LogP contribution >= 0.6 is 11.3 Å². The van der Waals surface area contributed by atoms with Gasteiger partial charge in [0.25, 0.3) is 0 Å². The zero-order valence-corrected chi connectivity index (χ0v) is 11.9. The number of rotatable bonds is 4. The van der Waals surface area contributed by atoms with Crippen LogP contribution in [0.2, 0.25) is 0 Å². The van der Waals surface area contributed by atoms with E-state index in [-0.39, 0.29) is 0 Å². The van der Waals surface area contributed by atoms with E-state index in [1.165, 1.54) is 11.3 Å². The Kier molecular flexibility index (Phi) is 4.27. The van der Waals surface area contributed by atoms with Crippen molar-refractivity contribution in [3.8, 4) is 0 Å². The molecule has 102 valence electrons. The molecule has 0 saturated carbocycles. The highest BCUT2D eigenvalue weighted by Crippen LogP contribution is 2.27. The van der Waals surface area contributed by atoms with Gasteiger partial charge in [0, 0.05) is 10.9 Å². The monoisotopic (exact) mass is 282 g/mol. The number of benzene rings is 1. The van der Waals surface area contributed by atoms with E-state index in [1.54, 1.807) is 19.1 Å². The van der Waals surface area contributed by atoms with Crippen LogP contribution in [-0.4, -0.2) is 11.5 Å². The number of thiazole rings is 1. The first-order chi connectivity index (χ1) is 9.04. The summed E-state index contributed by atoms with van der Waals surface area (Å²) in [7, 11) is 0. The average Bonchev–Trinajstić information content (AvgIpc) is 2.81. The van der Waals surface area contributed by atoms with Crippen molar-refractivity contribution in [2.75, 3.05) is 6.54 Å². The Bertz CT molecular complexity index is 581. The summed E-state index contributed by atoms with van der Waals surface area (Å²) in [6.45, 7) is 6.02. The van der Waals surface area contributed by atoms with Crippen LogP contribution in [0.5, 0.6) is 0 Å². The molecular formula is C14H16F2N2S. The minimum Gasteiger partial charge on any atom is -0.305 e. The highest BCUT2D eigenvalue weighted by molar-refractivity contribution is 7.09. The summed E-state index contributed by atoms with van der Waals surface area (Å²) in [5, 5.41) is 5.94. The first kappa shape index (κ1) is 14.1. The van der Waals surface area contributed by atoms with Gasteiger partial charge in [0.15, 0.2) is 11.6 Å². The van der Waals surface area contributed by atoms with Gasteiger partial charge in [0.05, 0.1) is 16.7 Å². The van der Waals surface area contributed by atoms with Crippen LogP contribution in [-0.2, 0) is 0 Å². The smallest absolute Gasteiger partial charge is 0.164 e. The molecule has 1 N–H and O–H groups in total. The maximum atomic E-state index is 14.1. The zero-order chi connectivity index (χ0) is 14.0. The summed E-state index contributed by atoms with van der Waals surface area (Å²) < 4.78 is 27.8. The maximum absolute atomic E-state index is 14.1. The van der Waals surface area contributed by atoms with E-state index < -0.39 is 17.7 Å². The molecule has 1 aromatic heterocycles. The molecular weight excluding hydrogens is 266 g/mol.